The maximum atomic E-state index is 11.6. The summed E-state index contributed by atoms with van der Waals surface area (Å²) in [6.45, 7) is 6.40. The summed E-state index contributed by atoms with van der Waals surface area (Å²) in [6, 6.07) is 5.19. The fourth-order valence-electron chi connectivity index (χ4n) is 1.67. The van der Waals surface area contributed by atoms with Crippen molar-refractivity contribution in [2.75, 3.05) is 37.9 Å². The van der Waals surface area contributed by atoms with Crippen LogP contribution in [-0.2, 0) is 4.74 Å². The van der Waals surface area contributed by atoms with Gasteiger partial charge in [0.05, 0.1) is 18.0 Å². The number of amides is 1. The van der Waals surface area contributed by atoms with Crippen LogP contribution in [0.1, 0.15) is 30.6 Å². The van der Waals surface area contributed by atoms with Crippen molar-refractivity contribution in [3.8, 4) is 0 Å². The fraction of sp³-hybridized carbons (Fsp3) is 0.533. The Hall–Kier alpha value is -1.75. The van der Waals surface area contributed by atoms with E-state index in [9.17, 15) is 4.79 Å². The zero-order valence-corrected chi connectivity index (χ0v) is 12.5. The molecule has 0 aliphatic heterocycles. The molecule has 112 valence electrons. The zero-order valence-electron chi connectivity index (χ0n) is 12.5. The van der Waals surface area contributed by atoms with E-state index in [1.165, 1.54) is 0 Å². The van der Waals surface area contributed by atoms with Crippen LogP contribution < -0.4 is 16.4 Å². The van der Waals surface area contributed by atoms with Gasteiger partial charge in [-0.2, -0.15) is 0 Å². The average molecular weight is 279 g/mol. The molecule has 0 fully saturated rings. The van der Waals surface area contributed by atoms with Crippen molar-refractivity contribution in [1.29, 1.82) is 0 Å². The van der Waals surface area contributed by atoms with Crippen LogP contribution in [0.3, 0.4) is 0 Å². The lowest BCUT2D eigenvalue weighted by atomic mass is 10.1. The number of nitrogen functional groups attached to an aromatic ring is 1. The lowest BCUT2D eigenvalue weighted by Crippen LogP contribution is -2.18. The predicted molar refractivity (Wildman–Crippen MR) is 83.0 cm³/mol. The molecule has 1 amide bonds. The first-order chi connectivity index (χ1) is 9.54. The summed E-state index contributed by atoms with van der Waals surface area (Å²) in [5.41, 5.74) is 7.85. The minimum atomic E-state index is -0.124. The molecule has 0 aliphatic carbocycles. The fourth-order valence-corrected chi connectivity index (χ4v) is 1.67. The molecule has 0 spiro atoms. The molecule has 0 unspecified atom stereocenters. The van der Waals surface area contributed by atoms with Gasteiger partial charge in [0.1, 0.15) is 0 Å². The lowest BCUT2D eigenvalue weighted by Gasteiger charge is -2.11. The molecule has 0 radical (unpaired) electrons. The number of carbonyl (C=O) groups is 1. The normalized spacial score (nSPS) is 10.6. The number of hydrogen-bond acceptors (Lipinski definition) is 4. The molecule has 20 heavy (non-hydrogen) atoms. The van der Waals surface area contributed by atoms with E-state index in [2.05, 4.69) is 24.5 Å². The highest BCUT2D eigenvalue weighted by molar-refractivity contribution is 5.96. The molecule has 4 N–H and O–H groups in total. The van der Waals surface area contributed by atoms with E-state index in [-0.39, 0.29) is 5.91 Å². The summed E-state index contributed by atoms with van der Waals surface area (Å²) in [7, 11) is 1.61. The Bertz CT molecular complexity index is 433. The molecule has 5 heteroatoms. The second-order valence-electron chi connectivity index (χ2n) is 5.10. The van der Waals surface area contributed by atoms with Gasteiger partial charge in [-0.05, 0) is 30.5 Å². The number of benzene rings is 1. The van der Waals surface area contributed by atoms with E-state index in [1.54, 1.807) is 25.2 Å². The summed E-state index contributed by atoms with van der Waals surface area (Å²) in [5.74, 6) is 0.532. The van der Waals surface area contributed by atoms with Gasteiger partial charge in [-0.25, -0.2) is 0 Å². The SMILES string of the molecule is CNC(=O)c1ccc(N)c(NCCOCCC(C)C)c1. The highest BCUT2D eigenvalue weighted by Crippen LogP contribution is 2.19. The van der Waals surface area contributed by atoms with Crippen molar-refractivity contribution in [2.24, 2.45) is 5.92 Å². The van der Waals surface area contributed by atoms with Crippen LogP contribution >= 0.6 is 0 Å². The number of hydrogen-bond donors (Lipinski definition) is 3. The highest BCUT2D eigenvalue weighted by atomic mass is 16.5. The molecule has 0 atom stereocenters. The van der Waals surface area contributed by atoms with Crippen molar-refractivity contribution in [2.45, 2.75) is 20.3 Å². The molecule has 1 aromatic carbocycles. The van der Waals surface area contributed by atoms with Gasteiger partial charge in [0.2, 0.25) is 0 Å². The first-order valence-corrected chi connectivity index (χ1v) is 6.97. The van der Waals surface area contributed by atoms with E-state index in [0.29, 0.717) is 30.3 Å². The smallest absolute Gasteiger partial charge is 0.251 e. The molecule has 0 saturated heterocycles. The van der Waals surface area contributed by atoms with Crippen LogP contribution in [-0.4, -0.2) is 32.7 Å². The molecule has 0 aromatic heterocycles. The summed E-state index contributed by atoms with van der Waals surface area (Å²) in [4.78, 5) is 11.6. The van der Waals surface area contributed by atoms with Gasteiger partial charge in [0, 0.05) is 25.8 Å². The van der Waals surface area contributed by atoms with Gasteiger partial charge in [0.25, 0.3) is 5.91 Å². The number of ether oxygens (including phenoxy) is 1. The standard InChI is InChI=1S/C15H25N3O2/c1-11(2)6-8-20-9-7-18-14-10-12(15(19)17-3)4-5-13(14)16/h4-5,10-11,18H,6-9,16H2,1-3H3,(H,17,19). The third-order valence-electron chi connectivity index (χ3n) is 2.94. The third-order valence-corrected chi connectivity index (χ3v) is 2.94. The Balaban J connectivity index is 2.41. The summed E-state index contributed by atoms with van der Waals surface area (Å²) >= 11 is 0. The maximum Gasteiger partial charge on any atom is 0.251 e. The van der Waals surface area contributed by atoms with Crippen molar-refractivity contribution in [3.63, 3.8) is 0 Å². The molecular formula is C15H25N3O2. The second kappa shape index (κ2) is 8.43. The Morgan fingerprint density at radius 3 is 2.75 bits per heavy atom. The van der Waals surface area contributed by atoms with Crippen LogP contribution in [0.15, 0.2) is 18.2 Å². The van der Waals surface area contributed by atoms with Crippen LogP contribution in [0, 0.1) is 5.92 Å². The first kappa shape index (κ1) is 16.3. The van der Waals surface area contributed by atoms with Crippen molar-refractivity contribution >= 4 is 17.3 Å². The van der Waals surface area contributed by atoms with Crippen LogP contribution in [0.25, 0.3) is 0 Å². The Labute approximate surface area is 120 Å². The maximum absolute atomic E-state index is 11.6. The van der Waals surface area contributed by atoms with Crippen LogP contribution in [0.5, 0.6) is 0 Å². The average Bonchev–Trinajstić information content (AvgIpc) is 2.43. The predicted octanol–water partition coefficient (Wildman–Crippen LogP) is 2.10. The molecule has 0 aliphatic rings. The van der Waals surface area contributed by atoms with Gasteiger partial charge >= 0.3 is 0 Å². The largest absolute Gasteiger partial charge is 0.397 e. The topological polar surface area (TPSA) is 76.4 Å². The van der Waals surface area contributed by atoms with Crippen molar-refractivity contribution in [1.82, 2.24) is 5.32 Å². The van der Waals surface area contributed by atoms with Crippen LogP contribution in [0.2, 0.25) is 0 Å². The Morgan fingerprint density at radius 2 is 2.10 bits per heavy atom. The monoisotopic (exact) mass is 279 g/mol. The molecule has 0 heterocycles. The number of nitrogens with two attached hydrogens (primary N) is 1. The zero-order chi connectivity index (χ0) is 15.0. The van der Waals surface area contributed by atoms with E-state index >= 15 is 0 Å². The molecule has 0 saturated carbocycles. The molecule has 5 nitrogen and oxygen atoms in total. The minimum Gasteiger partial charge on any atom is -0.397 e. The molecule has 0 bridgehead atoms. The van der Waals surface area contributed by atoms with Crippen molar-refractivity contribution in [3.05, 3.63) is 23.8 Å². The number of carbonyl (C=O) groups excluding carboxylic acids is 1. The number of nitrogens with one attached hydrogen (secondary N) is 2. The molecule has 1 rings (SSSR count). The summed E-state index contributed by atoms with van der Waals surface area (Å²) in [5, 5.41) is 5.78. The Morgan fingerprint density at radius 1 is 1.35 bits per heavy atom. The minimum absolute atomic E-state index is 0.124. The van der Waals surface area contributed by atoms with Crippen molar-refractivity contribution < 1.29 is 9.53 Å². The highest BCUT2D eigenvalue weighted by Gasteiger charge is 2.06. The number of anilines is 2. The lowest BCUT2D eigenvalue weighted by molar-refractivity contribution is 0.0963. The van der Waals surface area contributed by atoms with E-state index in [0.717, 1.165) is 18.7 Å². The third kappa shape index (κ3) is 5.48. The molecule has 1 aromatic rings. The van der Waals surface area contributed by atoms with Gasteiger partial charge in [-0.1, -0.05) is 13.8 Å². The first-order valence-electron chi connectivity index (χ1n) is 6.97. The van der Waals surface area contributed by atoms with E-state index < -0.39 is 0 Å². The van der Waals surface area contributed by atoms with Gasteiger partial charge in [-0.15, -0.1) is 0 Å². The van der Waals surface area contributed by atoms with E-state index in [1.807, 2.05) is 0 Å². The van der Waals surface area contributed by atoms with E-state index in [4.69, 9.17) is 10.5 Å². The van der Waals surface area contributed by atoms with Gasteiger partial charge in [0.15, 0.2) is 0 Å². The quantitative estimate of drug-likeness (QED) is 0.503. The second-order valence-corrected chi connectivity index (χ2v) is 5.10. The number of rotatable bonds is 8. The summed E-state index contributed by atoms with van der Waals surface area (Å²) in [6.07, 6.45) is 1.06. The molecular weight excluding hydrogens is 254 g/mol. The van der Waals surface area contributed by atoms with Gasteiger partial charge in [-0.3, -0.25) is 4.79 Å². The summed E-state index contributed by atoms with van der Waals surface area (Å²) < 4.78 is 5.52. The van der Waals surface area contributed by atoms with Gasteiger partial charge < -0.3 is 21.1 Å². The Kier molecular flexibility index (Phi) is 6.87. The van der Waals surface area contributed by atoms with Crippen LogP contribution in [0.4, 0.5) is 11.4 Å².